The minimum absolute atomic E-state index is 0.0628. The number of pyridine rings is 1. The molecule has 0 saturated carbocycles. The summed E-state index contributed by atoms with van der Waals surface area (Å²) in [5, 5.41) is 3.34. The maximum absolute atomic E-state index is 12.2. The maximum atomic E-state index is 12.2. The Bertz CT molecular complexity index is 1550. The van der Waals surface area contributed by atoms with Gasteiger partial charge in [-0.25, -0.2) is 9.97 Å². The molecule has 0 radical (unpaired) electrons. The normalized spacial score (nSPS) is 18.9. The molecule has 3 amide bonds. The number of hydrogen-bond donors (Lipinski definition) is 4. The van der Waals surface area contributed by atoms with E-state index in [0.29, 0.717) is 47.9 Å². The van der Waals surface area contributed by atoms with Crippen LogP contribution in [0.25, 0.3) is 10.9 Å². The van der Waals surface area contributed by atoms with Crippen LogP contribution >= 0.6 is 9.24 Å². The van der Waals surface area contributed by atoms with E-state index in [4.69, 9.17) is 11.5 Å². The van der Waals surface area contributed by atoms with E-state index >= 15 is 0 Å². The van der Waals surface area contributed by atoms with Crippen LogP contribution in [0.15, 0.2) is 41.3 Å². The average Bonchev–Trinajstić information content (AvgIpc) is 3.20. The molecule has 49 heavy (non-hydrogen) atoms. The molecule has 272 valence electrons. The van der Waals surface area contributed by atoms with Crippen molar-refractivity contribution >= 4 is 44.2 Å². The second kappa shape index (κ2) is 20.0. The quantitative estimate of drug-likeness (QED) is 0.178. The van der Waals surface area contributed by atoms with Gasteiger partial charge in [0.05, 0.1) is 0 Å². The van der Waals surface area contributed by atoms with E-state index < -0.39 is 11.9 Å². The lowest BCUT2D eigenvalue weighted by molar-refractivity contribution is -0.133. The summed E-state index contributed by atoms with van der Waals surface area (Å²) in [6, 6.07) is 8.46. The summed E-state index contributed by atoms with van der Waals surface area (Å²) >= 11 is 0. The molecule has 4 rings (SSSR count). The number of nitrogens with one attached hydrogen (secondary N) is 2. The minimum Gasteiger partial charge on any atom is -0.384 e. The van der Waals surface area contributed by atoms with Crippen LogP contribution < -0.4 is 22.3 Å². The topological polar surface area (TPSA) is 177 Å². The van der Waals surface area contributed by atoms with Crippen LogP contribution in [0.2, 0.25) is 0 Å². The van der Waals surface area contributed by atoms with E-state index in [1.807, 2.05) is 25.1 Å². The van der Waals surface area contributed by atoms with Crippen molar-refractivity contribution in [1.29, 1.82) is 0 Å². The highest BCUT2D eigenvalue weighted by molar-refractivity contribution is 7.19. The molecule has 1 saturated heterocycles. The fourth-order valence-electron chi connectivity index (χ4n) is 5.17. The zero-order valence-electron chi connectivity index (χ0n) is 31.2. The second-order valence-corrected chi connectivity index (χ2v) is 15.5. The molecule has 11 nitrogen and oxygen atoms in total. The Morgan fingerprint density at radius 3 is 2.22 bits per heavy atom. The van der Waals surface area contributed by atoms with Crippen LogP contribution in [0.4, 0.5) is 5.82 Å². The number of rotatable bonds is 8. The van der Waals surface area contributed by atoms with Gasteiger partial charge in [-0.15, -0.1) is 9.24 Å². The van der Waals surface area contributed by atoms with Gasteiger partial charge >= 0.3 is 0 Å². The molecule has 1 aliphatic rings. The third-order valence-corrected chi connectivity index (χ3v) is 9.57. The van der Waals surface area contributed by atoms with Gasteiger partial charge in [-0.3, -0.25) is 19.2 Å². The number of aromatic nitrogens is 3. The van der Waals surface area contributed by atoms with E-state index in [1.165, 1.54) is 19.3 Å². The number of primary amides is 1. The summed E-state index contributed by atoms with van der Waals surface area (Å²) < 4.78 is 0. The largest absolute Gasteiger partial charge is 0.384 e. The predicted molar refractivity (Wildman–Crippen MR) is 204 cm³/mol. The van der Waals surface area contributed by atoms with Crippen LogP contribution in [0.3, 0.4) is 0 Å². The molecule has 0 spiro atoms. The van der Waals surface area contributed by atoms with Crippen molar-refractivity contribution in [2.24, 2.45) is 17.1 Å². The van der Waals surface area contributed by atoms with E-state index in [1.54, 1.807) is 25.3 Å². The number of unbranched alkanes of at least 4 members (excludes halogenated alkanes) is 2. The molecule has 4 unspecified atom stereocenters. The van der Waals surface area contributed by atoms with Crippen molar-refractivity contribution < 1.29 is 14.4 Å². The third-order valence-electron chi connectivity index (χ3n) is 8.52. The molecule has 6 N–H and O–H groups in total. The number of aryl methyl sites for hydroxylation is 2. The van der Waals surface area contributed by atoms with Gasteiger partial charge in [0, 0.05) is 47.9 Å². The zero-order valence-corrected chi connectivity index (χ0v) is 32.4. The highest BCUT2D eigenvalue weighted by atomic mass is 31.0. The van der Waals surface area contributed by atoms with E-state index in [2.05, 4.69) is 89.8 Å². The van der Waals surface area contributed by atoms with Crippen LogP contribution in [-0.2, 0) is 20.8 Å². The summed E-state index contributed by atoms with van der Waals surface area (Å²) in [6.07, 6.45) is 6.82. The SMILES string of the molecule is CC1CN(C(=O)CC(C)(C)C)[C@H](C)C1(C)P.CCCCC.Cc1ccc2[nH]c(=O)c(CC(NC=O)C(N)=O)cc2c1.Cc1nccc(N)n1. The smallest absolute Gasteiger partial charge is 0.251 e. The molecular weight excluding hydrogens is 637 g/mol. The number of nitrogens with zero attached hydrogens (tertiary/aromatic N) is 3. The fourth-order valence-corrected chi connectivity index (χ4v) is 5.45. The lowest BCUT2D eigenvalue weighted by atomic mass is 9.91. The van der Waals surface area contributed by atoms with E-state index in [9.17, 15) is 19.2 Å². The molecule has 1 fully saturated rings. The van der Waals surface area contributed by atoms with Crippen molar-refractivity contribution in [3.8, 4) is 0 Å². The monoisotopic (exact) mass is 697 g/mol. The van der Waals surface area contributed by atoms with Crippen LogP contribution in [0, 0.1) is 25.2 Å². The third kappa shape index (κ3) is 14.7. The number of fused-ring (bicyclic) bond motifs is 1. The molecule has 3 heterocycles. The lowest BCUT2D eigenvalue weighted by Crippen LogP contribution is -2.43. The Balaban J connectivity index is 0.000000366. The standard InChI is InChI=1S/C14H15N3O3.C13H26NOP.C5H7N3.C5H12/c1-8-2-3-11-9(4-8)5-10(14(20)17-11)6-12(13(15)19)16-7-18;1-9-8-14(10(2)13(9,6)16)11(15)7-12(3,4)5;1-4-7-3-2-5(6)8-4;1-3-5-4-2/h2-5,7,12H,6H2,1H3,(H2,15,19)(H,16,18)(H,17,20);9-10H,7-8,16H2,1-6H3;2-3H,1H3,(H2,6,7,8);3-5H2,1-2H3/t;9?,10-,13?;;/m.1../s1. The van der Waals surface area contributed by atoms with E-state index in [0.717, 1.165) is 23.0 Å². The fraction of sp³-hybridized carbons (Fsp3) is 0.568. The number of likely N-dealkylation sites (tertiary alicyclic amines) is 1. The number of amides is 3. The van der Waals surface area contributed by atoms with Crippen LogP contribution in [0.1, 0.15) is 98.0 Å². The average molecular weight is 698 g/mol. The Hall–Kier alpha value is -3.85. The summed E-state index contributed by atoms with van der Waals surface area (Å²) in [5.41, 5.74) is 12.5. The van der Waals surface area contributed by atoms with Gasteiger partial charge in [0.2, 0.25) is 18.2 Å². The second-order valence-electron chi connectivity index (χ2n) is 14.3. The van der Waals surface area contributed by atoms with Gasteiger partial charge in [0.1, 0.15) is 17.7 Å². The predicted octanol–water partition coefficient (Wildman–Crippen LogP) is 5.47. The number of nitrogens with two attached hydrogens (primary N) is 2. The molecule has 3 aromatic rings. The number of carbonyl (C=O) groups is 3. The molecule has 0 aliphatic carbocycles. The van der Waals surface area contributed by atoms with Crippen LogP contribution in [-0.4, -0.2) is 61.9 Å². The molecule has 1 aromatic carbocycles. The number of hydrogen-bond acceptors (Lipinski definition) is 7. The van der Waals surface area contributed by atoms with Crippen LogP contribution in [0.5, 0.6) is 0 Å². The molecular formula is C37H60N7O4P. The number of benzene rings is 1. The first kappa shape index (κ1) is 43.2. The first-order chi connectivity index (χ1) is 22.8. The van der Waals surface area contributed by atoms with Crippen molar-refractivity contribution in [1.82, 2.24) is 25.2 Å². The first-order valence-corrected chi connectivity index (χ1v) is 17.6. The maximum Gasteiger partial charge on any atom is 0.251 e. The Morgan fingerprint density at radius 1 is 1.16 bits per heavy atom. The highest BCUT2D eigenvalue weighted by Gasteiger charge is 2.45. The summed E-state index contributed by atoms with van der Waals surface area (Å²) in [7, 11) is 2.94. The number of carbonyl (C=O) groups excluding carboxylic acids is 3. The van der Waals surface area contributed by atoms with Gasteiger partial charge in [-0.2, -0.15) is 0 Å². The zero-order chi connectivity index (χ0) is 37.5. The molecule has 12 heteroatoms. The van der Waals surface area contributed by atoms with Gasteiger partial charge in [0.15, 0.2) is 0 Å². The Labute approximate surface area is 295 Å². The first-order valence-electron chi connectivity index (χ1n) is 17.0. The number of aromatic amines is 1. The van der Waals surface area contributed by atoms with Gasteiger partial charge < -0.3 is 26.7 Å². The van der Waals surface area contributed by atoms with Gasteiger partial charge in [0.25, 0.3) is 5.56 Å². The van der Waals surface area contributed by atoms with Crippen molar-refractivity contribution in [3.63, 3.8) is 0 Å². The van der Waals surface area contributed by atoms with Crippen molar-refractivity contribution in [2.75, 3.05) is 12.3 Å². The van der Waals surface area contributed by atoms with Crippen molar-refractivity contribution in [3.05, 3.63) is 63.8 Å². The highest BCUT2D eigenvalue weighted by Crippen LogP contribution is 2.41. The number of anilines is 1. The summed E-state index contributed by atoms with van der Waals surface area (Å²) in [4.78, 5) is 58.3. The molecule has 1 aliphatic heterocycles. The van der Waals surface area contributed by atoms with Crippen molar-refractivity contribution in [2.45, 2.75) is 119 Å². The Kier molecular flexibility index (Phi) is 17.6. The molecule has 5 atom stereocenters. The molecule has 0 bridgehead atoms. The molecule has 2 aromatic heterocycles. The van der Waals surface area contributed by atoms with E-state index in [-0.39, 0.29) is 22.6 Å². The lowest BCUT2D eigenvalue weighted by Gasteiger charge is -2.32. The number of nitrogen functional groups attached to an aromatic ring is 1. The minimum atomic E-state index is -0.893. The summed E-state index contributed by atoms with van der Waals surface area (Å²) in [6.45, 7) is 22.1. The number of H-pyrrole nitrogens is 1. The summed E-state index contributed by atoms with van der Waals surface area (Å²) in [5.74, 6) is 1.41. The van der Waals surface area contributed by atoms with Gasteiger partial charge in [-0.05, 0) is 61.8 Å². The Morgan fingerprint density at radius 2 is 1.80 bits per heavy atom. The van der Waals surface area contributed by atoms with Gasteiger partial charge in [-0.1, -0.05) is 79.4 Å².